The lowest BCUT2D eigenvalue weighted by Crippen LogP contribution is -2.54. The highest BCUT2D eigenvalue weighted by atomic mass is 79.9. The standard InChI is InChI=1S/C13H17BrN2OS/c1-4-13(3,12(15)18)16-11(17)9-6-5-7-10(14)8(9)2/h5-7H,4H2,1-3H3,(H2,15,18)(H,16,17). The van der Waals surface area contributed by atoms with Crippen molar-refractivity contribution in [1.29, 1.82) is 0 Å². The third-order valence-corrected chi connectivity index (χ3v) is 4.46. The van der Waals surface area contributed by atoms with Gasteiger partial charge in [-0.25, -0.2) is 0 Å². The van der Waals surface area contributed by atoms with E-state index in [1.165, 1.54) is 0 Å². The fraction of sp³-hybridized carbons (Fsp3) is 0.385. The van der Waals surface area contributed by atoms with Gasteiger partial charge in [-0.2, -0.15) is 0 Å². The summed E-state index contributed by atoms with van der Waals surface area (Å²) in [5.41, 5.74) is 6.56. The topological polar surface area (TPSA) is 55.1 Å². The van der Waals surface area contributed by atoms with Crippen molar-refractivity contribution in [2.75, 3.05) is 0 Å². The zero-order chi connectivity index (χ0) is 13.9. The van der Waals surface area contributed by atoms with Gasteiger partial charge in [-0.3, -0.25) is 4.79 Å². The lowest BCUT2D eigenvalue weighted by molar-refractivity contribution is 0.0926. The minimum atomic E-state index is -0.652. The van der Waals surface area contributed by atoms with Crippen LogP contribution < -0.4 is 11.1 Å². The molecule has 1 amide bonds. The van der Waals surface area contributed by atoms with Crippen LogP contribution in [-0.4, -0.2) is 16.4 Å². The first-order valence-corrected chi connectivity index (χ1v) is 6.89. The van der Waals surface area contributed by atoms with Crippen LogP contribution in [0.3, 0.4) is 0 Å². The molecule has 1 aromatic rings. The van der Waals surface area contributed by atoms with Crippen molar-refractivity contribution in [3.8, 4) is 0 Å². The second-order valence-corrected chi connectivity index (χ2v) is 5.71. The SMILES string of the molecule is CCC(C)(NC(=O)c1cccc(Br)c1C)C(N)=S. The molecule has 0 saturated carbocycles. The molecule has 5 heteroatoms. The highest BCUT2D eigenvalue weighted by Gasteiger charge is 2.28. The van der Waals surface area contributed by atoms with Crippen LogP contribution in [0.4, 0.5) is 0 Å². The third kappa shape index (κ3) is 3.09. The van der Waals surface area contributed by atoms with E-state index in [0.29, 0.717) is 17.0 Å². The molecule has 1 aromatic carbocycles. The summed E-state index contributed by atoms with van der Waals surface area (Å²) in [6.45, 7) is 5.66. The molecule has 0 aliphatic rings. The summed E-state index contributed by atoms with van der Waals surface area (Å²) >= 11 is 8.42. The Morgan fingerprint density at radius 3 is 2.67 bits per heavy atom. The molecule has 0 aliphatic carbocycles. The Kier molecular flexibility index (Phi) is 4.87. The van der Waals surface area contributed by atoms with Crippen LogP contribution in [-0.2, 0) is 0 Å². The molecule has 1 rings (SSSR count). The van der Waals surface area contributed by atoms with Crippen molar-refractivity contribution in [2.45, 2.75) is 32.7 Å². The molecule has 0 aromatic heterocycles. The van der Waals surface area contributed by atoms with E-state index in [0.717, 1.165) is 10.0 Å². The van der Waals surface area contributed by atoms with E-state index in [-0.39, 0.29) is 5.91 Å². The van der Waals surface area contributed by atoms with Crippen LogP contribution in [0.25, 0.3) is 0 Å². The first-order chi connectivity index (χ1) is 8.31. The summed E-state index contributed by atoms with van der Waals surface area (Å²) in [5, 5.41) is 2.90. The first-order valence-electron chi connectivity index (χ1n) is 5.69. The van der Waals surface area contributed by atoms with Crippen LogP contribution in [0, 0.1) is 6.92 Å². The molecular weight excluding hydrogens is 312 g/mol. The van der Waals surface area contributed by atoms with Gasteiger partial charge < -0.3 is 11.1 Å². The number of halogens is 1. The number of hydrogen-bond acceptors (Lipinski definition) is 2. The van der Waals surface area contributed by atoms with Crippen molar-refractivity contribution in [3.63, 3.8) is 0 Å². The molecule has 0 heterocycles. The molecular formula is C13H17BrN2OS. The van der Waals surface area contributed by atoms with Crippen LogP contribution in [0.1, 0.15) is 36.2 Å². The van der Waals surface area contributed by atoms with Crippen molar-refractivity contribution >= 4 is 39.0 Å². The zero-order valence-corrected chi connectivity index (χ0v) is 13.1. The van der Waals surface area contributed by atoms with Crippen LogP contribution >= 0.6 is 28.1 Å². The maximum absolute atomic E-state index is 12.2. The summed E-state index contributed by atoms with van der Waals surface area (Å²) in [6.07, 6.45) is 0.654. The van der Waals surface area contributed by atoms with E-state index in [2.05, 4.69) is 21.2 Å². The number of nitrogens with one attached hydrogen (secondary N) is 1. The Hall–Kier alpha value is -0.940. The van der Waals surface area contributed by atoms with E-state index in [4.69, 9.17) is 18.0 Å². The summed E-state index contributed by atoms with van der Waals surface area (Å²) in [4.78, 5) is 12.5. The predicted octanol–water partition coefficient (Wildman–Crippen LogP) is 2.94. The molecule has 0 spiro atoms. The Balaban J connectivity index is 3.02. The number of carbonyl (C=O) groups is 1. The van der Waals surface area contributed by atoms with E-state index < -0.39 is 5.54 Å². The van der Waals surface area contributed by atoms with Crippen molar-refractivity contribution < 1.29 is 4.79 Å². The van der Waals surface area contributed by atoms with Crippen LogP contribution in [0.5, 0.6) is 0 Å². The largest absolute Gasteiger partial charge is 0.391 e. The van der Waals surface area contributed by atoms with Gasteiger partial charge in [-0.05, 0) is 38.0 Å². The summed E-state index contributed by atoms with van der Waals surface area (Å²) in [7, 11) is 0. The number of carbonyl (C=O) groups excluding carboxylic acids is 1. The molecule has 3 N–H and O–H groups in total. The van der Waals surface area contributed by atoms with Crippen LogP contribution in [0.15, 0.2) is 22.7 Å². The smallest absolute Gasteiger partial charge is 0.252 e. The van der Waals surface area contributed by atoms with E-state index in [1.807, 2.05) is 32.9 Å². The van der Waals surface area contributed by atoms with Crippen LogP contribution in [0.2, 0.25) is 0 Å². The number of nitrogens with two attached hydrogens (primary N) is 1. The van der Waals surface area contributed by atoms with Gasteiger partial charge >= 0.3 is 0 Å². The summed E-state index contributed by atoms with van der Waals surface area (Å²) in [6, 6.07) is 5.51. The molecule has 3 nitrogen and oxygen atoms in total. The third-order valence-electron chi connectivity index (χ3n) is 3.15. The van der Waals surface area contributed by atoms with Gasteiger partial charge in [0.05, 0.1) is 10.5 Å². The molecule has 98 valence electrons. The molecule has 0 bridgehead atoms. The maximum atomic E-state index is 12.2. The number of benzene rings is 1. The molecule has 1 atom stereocenters. The van der Waals surface area contributed by atoms with Gasteiger partial charge in [0.1, 0.15) is 0 Å². The minimum absolute atomic E-state index is 0.161. The normalized spacial score (nSPS) is 13.8. The second-order valence-electron chi connectivity index (χ2n) is 4.42. The lowest BCUT2D eigenvalue weighted by atomic mass is 9.97. The fourth-order valence-electron chi connectivity index (χ4n) is 1.50. The van der Waals surface area contributed by atoms with Crippen molar-refractivity contribution in [2.24, 2.45) is 5.73 Å². The molecule has 1 unspecified atom stereocenters. The number of rotatable bonds is 4. The quantitative estimate of drug-likeness (QED) is 0.835. The van der Waals surface area contributed by atoms with E-state index >= 15 is 0 Å². The van der Waals surface area contributed by atoms with Gasteiger partial charge in [0.25, 0.3) is 5.91 Å². The number of amides is 1. The Bertz CT molecular complexity index is 490. The van der Waals surface area contributed by atoms with Gasteiger partial charge in [0.2, 0.25) is 0 Å². The van der Waals surface area contributed by atoms with Gasteiger partial charge in [0, 0.05) is 10.0 Å². The van der Waals surface area contributed by atoms with Gasteiger partial charge in [-0.1, -0.05) is 41.1 Å². The zero-order valence-electron chi connectivity index (χ0n) is 10.7. The molecule has 18 heavy (non-hydrogen) atoms. The summed E-state index contributed by atoms with van der Waals surface area (Å²) in [5.74, 6) is -0.161. The molecule has 0 aliphatic heterocycles. The highest BCUT2D eigenvalue weighted by molar-refractivity contribution is 9.10. The molecule has 0 fully saturated rings. The fourth-order valence-corrected chi connectivity index (χ4v) is 2.06. The average molecular weight is 329 g/mol. The van der Waals surface area contributed by atoms with E-state index in [9.17, 15) is 4.79 Å². The monoisotopic (exact) mass is 328 g/mol. The maximum Gasteiger partial charge on any atom is 0.252 e. The van der Waals surface area contributed by atoms with Crippen molar-refractivity contribution in [1.82, 2.24) is 5.32 Å². The number of thiocarbonyl (C=S) groups is 1. The first kappa shape index (κ1) is 15.1. The Morgan fingerprint density at radius 1 is 1.56 bits per heavy atom. The minimum Gasteiger partial charge on any atom is -0.391 e. The molecule has 0 saturated heterocycles. The Labute approximate surface area is 121 Å². The highest BCUT2D eigenvalue weighted by Crippen LogP contribution is 2.20. The van der Waals surface area contributed by atoms with E-state index in [1.54, 1.807) is 6.07 Å². The van der Waals surface area contributed by atoms with Gasteiger partial charge in [-0.15, -0.1) is 0 Å². The summed E-state index contributed by atoms with van der Waals surface area (Å²) < 4.78 is 0.906. The van der Waals surface area contributed by atoms with Crippen molar-refractivity contribution in [3.05, 3.63) is 33.8 Å². The number of hydrogen-bond donors (Lipinski definition) is 2. The Morgan fingerprint density at radius 2 is 2.17 bits per heavy atom. The average Bonchev–Trinajstić information content (AvgIpc) is 2.32. The lowest BCUT2D eigenvalue weighted by Gasteiger charge is -2.28. The molecule has 0 radical (unpaired) electrons. The predicted molar refractivity (Wildman–Crippen MR) is 81.8 cm³/mol. The van der Waals surface area contributed by atoms with Gasteiger partial charge in [0.15, 0.2) is 0 Å². The second kappa shape index (κ2) is 5.80.